The van der Waals surface area contributed by atoms with Gasteiger partial charge in [0.15, 0.2) is 24.8 Å². The number of hydrogen-bond donors (Lipinski definition) is 2. The Hall–Kier alpha value is 10.0. The standard InChI is InChI=1S/C46H68N2O64S16.14Na/c49-29(47-21-9-13-23(14-10-21)113-45-41(111-127(87,88)89)35(105-121(69,70)71)31(25(99-45)17-93-115(51,52)53)101-43-39(109-125(81,82)83)37(107-123(75,76)77)33(103-119(63,64)65)27(97-43)19-95-117(57,58)59)7-5-3-1-2-4-6-8-30(50)48-22-11-15-24(16-12-22)114-46-42(112-128(90,91)92)36(106-122(72,73)74)32(26(100-46)18-94-116(54,55)56)102-44-40(110-126(84,85)86)38(108-124(78,79)80)34(104-120(66,67)68)28(98-44)20-96-118(60,61)62;;;;;;;;;;;;;;/h9-16,25-28,31-46H,1-8,17-20H2,(H,47,49)(H,48,50)(H,51,52,53)(H,54,55,56)(H,57,58,59)(H,60,61,62)(H,63,64,65)(H,66,67,68)(H,69,70,71)(H,72,73,74)(H,75,76,77)(H,78,79,80)(H,81,82,83)(H,84,85,86)(H,87,88,89)(H,90,91,92);;;;;;;;;;;;;;/q;14*+1/p-14/t25-,26-,27-,28-,31-,32-,33-,34-,35+,36+,37+,38+,39-,40-,41-,42-,43-,44-,45+,46+;;;;;;;;;;;;;;/m1............../s1. The van der Waals surface area contributed by atoms with Crippen molar-refractivity contribution >= 4 is 192 Å². The van der Waals surface area contributed by atoms with Crippen LogP contribution in [0.4, 0.5) is 11.4 Å². The summed E-state index contributed by atoms with van der Waals surface area (Å²) in [7, 11) is -89.3. The minimum absolute atomic E-state index is 0. The van der Waals surface area contributed by atoms with Crippen LogP contribution in [0.1, 0.15) is 51.4 Å². The Kier molecular flexibility index (Phi) is 86.9. The fourth-order valence-corrected chi connectivity index (χ4v) is 19.8. The molecule has 2 aromatic carbocycles. The summed E-state index contributed by atoms with van der Waals surface area (Å²) in [5.41, 5.74) is -5.07. The molecule has 4 fully saturated rings. The van der Waals surface area contributed by atoms with Gasteiger partial charge in [-0.2, -0.15) is 0 Å². The monoisotopic (exact) mass is 2490 g/mol. The van der Waals surface area contributed by atoms with E-state index in [9.17, 15) is 191 Å². The molecule has 0 spiro atoms. The van der Waals surface area contributed by atoms with E-state index in [-0.39, 0.29) is 484 Å². The minimum atomic E-state index is -6.58. The van der Waals surface area contributed by atoms with Gasteiger partial charge < -0.3 is 103 Å². The maximum absolute atomic E-state index is 13.0. The molecule has 2 N–H and O–H groups in total. The Morgan fingerprint density at radius 1 is 0.239 bits per heavy atom. The first-order valence-electron chi connectivity index (χ1n) is 32.8. The minimum Gasteiger partial charge on any atom is -0.726 e. The predicted molar refractivity (Wildman–Crippen MR) is 371 cm³/mol. The Morgan fingerprint density at radius 3 is 0.634 bits per heavy atom. The van der Waals surface area contributed by atoms with Crippen LogP contribution in [0.25, 0.3) is 0 Å². The average Bonchev–Trinajstić information content (AvgIpc) is 0.754. The molecule has 142 heavy (non-hydrogen) atoms. The largest absolute Gasteiger partial charge is 1.00 e. The van der Waals surface area contributed by atoms with Crippen LogP contribution in [0.2, 0.25) is 0 Å². The smallest absolute Gasteiger partial charge is 0.726 e. The molecule has 0 saturated carbocycles. The van der Waals surface area contributed by atoms with Crippen molar-refractivity contribution in [1.82, 2.24) is 0 Å². The summed E-state index contributed by atoms with van der Waals surface area (Å²) in [5, 5.41) is 4.94. The first-order chi connectivity index (χ1) is 57.9. The summed E-state index contributed by atoms with van der Waals surface area (Å²) in [6, 6.07) is 8.45. The summed E-state index contributed by atoms with van der Waals surface area (Å²) in [4.78, 5) is 25.5. The zero-order valence-electron chi connectivity index (χ0n) is 75.3. The van der Waals surface area contributed by atoms with E-state index in [2.05, 4.69) is 69.2 Å². The third-order valence-electron chi connectivity index (χ3n) is 15.6. The second-order valence-corrected chi connectivity index (χ2v) is 41.5. The molecule has 0 aromatic heterocycles. The molecule has 6 rings (SSSR count). The Labute approximate surface area is 1130 Å². The van der Waals surface area contributed by atoms with E-state index >= 15 is 0 Å². The zero-order valence-corrected chi connectivity index (χ0v) is 116. The third-order valence-corrected chi connectivity index (χ3v) is 24.2. The first kappa shape index (κ1) is 170. The van der Waals surface area contributed by atoms with E-state index in [1.807, 2.05) is 0 Å². The molecule has 0 aliphatic carbocycles. The molecule has 2 amide bonds. The van der Waals surface area contributed by atoms with Crippen molar-refractivity contribution in [3.05, 3.63) is 48.5 Å². The second kappa shape index (κ2) is 72.8. The molecule has 0 bridgehead atoms. The number of carbonyl (C=O) groups is 2. The first-order valence-corrected chi connectivity index (χ1v) is 53.2. The maximum atomic E-state index is 13.0. The summed E-state index contributed by atoms with van der Waals surface area (Å²) in [6.45, 7) is -8.06. The number of ether oxygens (including phenoxy) is 6. The van der Waals surface area contributed by atoms with Crippen LogP contribution in [0, 0.1) is 0 Å². The Morgan fingerprint density at radius 2 is 0.423 bits per heavy atom. The van der Waals surface area contributed by atoms with Crippen LogP contribution in [-0.2, 0) is 242 Å². The van der Waals surface area contributed by atoms with Crippen LogP contribution >= 0.6 is 23.5 Å². The van der Waals surface area contributed by atoms with Gasteiger partial charge in [0, 0.05) is 34.0 Å². The molecule has 742 valence electrons. The van der Waals surface area contributed by atoms with Crippen molar-refractivity contribution in [3.63, 3.8) is 0 Å². The number of amides is 2. The second-order valence-electron chi connectivity index (χ2n) is 24.8. The van der Waals surface area contributed by atoms with Crippen LogP contribution in [0.15, 0.2) is 58.3 Å². The molecule has 4 aliphatic rings. The van der Waals surface area contributed by atoms with Crippen molar-refractivity contribution in [2.75, 3.05) is 37.1 Å². The van der Waals surface area contributed by atoms with E-state index < -0.39 is 305 Å². The number of nitrogens with one attached hydrogen (secondary N) is 2. The molecule has 0 unspecified atom stereocenters. The molecule has 4 saturated heterocycles. The van der Waals surface area contributed by atoms with Gasteiger partial charge in [0.05, 0.1) is 26.4 Å². The molecule has 0 radical (unpaired) electrons. The van der Waals surface area contributed by atoms with Gasteiger partial charge in [-0.1, -0.05) is 49.2 Å². The number of anilines is 2. The third kappa shape index (κ3) is 69.4. The van der Waals surface area contributed by atoms with E-state index in [1.165, 1.54) is 0 Å². The maximum Gasteiger partial charge on any atom is 1.00 e. The van der Waals surface area contributed by atoms with Gasteiger partial charge in [0.1, 0.15) is 96.3 Å². The van der Waals surface area contributed by atoms with Crippen molar-refractivity contribution in [3.8, 4) is 0 Å². The fourth-order valence-electron chi connectivity index (χ4n) is 11.4. The summed E-state index contributed by atoms with van der Waals surface area (Å²) < 4.78 is 592. The van der Waals surface area contributed by atoms with E-state index in [4.69, 9.17) is 28.4 Å². The van der Waals surface area contributed by atoms with Gasteiger partial charge in [0.2, 0.25) is 157 Å². The van der Waals surface area contributed by atoms with Crippen LogP contribution in [0.3, 0.4) is 0 Å². The quantitative estimate of drug-likeness (QED) is 0.0269. The average molecular weight is 2490 g/mol. The van der Waals surface area contributed by atoms with Crippen molar-refractivity contribution in [2.45, 2.75) is 182 Å². The van der Waals surface area contributed by atoms with Crippen molar-refractivity contribution < 1.29 is 692 Å². The molecule has 4 aliphatic heterocycles. The fraction of sp³-hybridized carbons (Fsp3) is 0.696. The van der Waals surface area contributed by atoms with Crippen molar-refractivity contribution in [2.24, 2.45) is 0 Å². The predicted octanol–water partition coefficient (Wildman–Crippen LogP) is -52.3. The number of unbranched alkanes of at least 4 members (excludes halogenated alkanes) is 5. The van der Waals surface area contributed by atoms with Gasteiger partial charge in [-0.3, -0.25) is 68.2 Å². The van der Waals surface area contributed by atoms with Crippen LogP contribution in [-0.4, -0.2) is 341 Å². The SMILES string of the molecule is O=C(CCCCCCCCC(=O)Nc1ccc(S[C@@H]2O[C@H](COS(=O)(=O)[O-])[C@@H](O[C@H]3O[C@H](COS(=O)(=O)[O-])[C@@H](OS(=O)(=O)[O-])[C@H](OS(=O)(=O)[O-])[C@H]3OS(=O)(=O)[O-])[C@H](OS(=O)(=O)[O-])[C@H]2OS(=O)(=O)[O-])cc1)Nc1ccc(S[C@@H]2O[C@H](COS(=O)(=O)[O-])[C@@H](O[C@H]3O[C@H](COS(=O)(=O)[O-])[C@@H](OS(=O)(=O)[O-])[C@H](OS(=O)(=O)[O-])[C@H]3OS(=O)(=O)[O-])[C@H](OS(=O)(=O)[O-])[C@H]2OS(=O)(=O)[O-])cc1.[Na+].[Na+].[Na+].[Na+].[Na+].[Na+].[Na+].[Na+].[Na+].[Na+].[Na+].[Na+].[Na+].[Na+]. The Balaban J connectivity index is -0.00000180. The number of hydrogen-bond acceptors (Lipinski definition) is 66. The summed E-state index contributed by atoms with van der Waals surface area (Å²) in [5.74, 6) is -1.33. The van der Waals surface area contributed by atoms with Gasteiger partial charge in [-0.05, 0) is 61.4 Å². The van der Waals surface area contributed by atoms with Gasteiger partial charge in [-0.15, -0.1) is 0 Å². The number of carbonyl (C=O) groups excluding carboxylic acids is 2. The zero-order chi connectivity index (χ0) is 97.1. The molecule has 20 atom stereocenters. The molecule has 2 aromatic rings. The molecular formula is C46H54N2Na14O64S16. The normalized spacial score (nSPS) is 25.2. The number of benzene rings is 2. The van der Waals surface area contributed by atoms with Crippen LogP contribution < -0.4 is 424 Å². The van der Waals surface area contributed by atoms with E-state index in [1.54, 1.807) is 0 Å². The molecule has 96 heteroatoms. The van der Waals surface area contributed by atoms with E-state index in [0.29, 0.717) is 25.7 Å². The summed E-state index contributed by atoms with van der Waals surface area (Å²) >= 11 is 0.172. The number of thioether (sulfide) groups is 2. The number of rotatable bonds is 51. The molecular weight excluding hydrogens is 2440 g/mol. The summed E-state index contributed by atoms with van der Waals surface area (Å²) in [6.07, 6.45) is -57.3. The van der Waals surface area contributed by atoms with Crippen molar-refractivity contribution in [1.29, 1.82) is 0 Å². The molecule has 66 nitrogen and oxygen atoms in total. The Bertz CT molecular complexity index is 5600. The van der Waals surface area contributed by atoms with E-state index in [0.717, 1.165) is 48.5 Å². The van der Waals surface area contributed by atoms with Gasteiger partial charge in [-0.25, -0.2) is 118 Å². The topological polar surface area (TPSA) is 1040 Å². The van der Waals surface area contributed by atoms with Gasteiger partial charge >= 0.3 is 414 Å². The van der Waals surface area contributed by atoms with Gasteiger partial charge in [0.25, 0.3) is 0 Å². The van der Waals surface area contributed by atoms with Crippen LogP contribution in [0.5, 0.6) is 0 Å². The molecule has 4 heterocycles.